The van der Waals surface area contributed by atoms with E-state index in [2.05, 4.69) is 59.4 Å². The van der Waals surface area contributed by atoms with Crippen LogP contribution in [0.15, 0.2) is 170 Å². The van der Waals surface area contributed by atoms with Crippen molar-refractivity contribution in [2.45, 2.75) is 57.7 Å². The Kier molecular flexibility index (Phi) is 18.4. The van der Waals surface area contributed by atoms with Crippen LogP contribution < -0.4 is 0 Å². The number of aromatic nitrogens is 12. The second-order valence-electron chi connectivity index (χ2n) is 23.2. The molecule has 6 aromatic heterocycles. The molecule has 0 unspecified atom stereocenters. The molecule has 0 spiro atoms. The molecule has 3 aliphatic heterocycles. The van der Waals surface area contributed by atoms with E-state index in [0.717, 1.165) is 63.1 Å². The predicted octanol–water partition coefficient (Wildman–Crippen LogP) is 14.9. The quantitative estimate of drug-likeness (QED) is 0.0902. The van der Waals surface area contributed by atoms with Gasteiger partial charge in [0.2, 0.25) is 0 Å². The van der Waals surface area contributed by atoms with Crippen molar-refractivity contribution in [1.82, 2.24) is 74.6 Å². The van der Waals surface area contributed by atoms with E-state index < -0.39 is 18.3 Å². The molecule has 0 aliphatic carbocycles. The van der Waals surface area contributed by atoms with Crippen molar-refractivity contribution in [3.63, 3.8) is 0 Å². The average Bonchev–Trinajstić information content (AvgIpc) is 1.61. The van der Waals surface area contributed by atoms with Crippen LogP contribution in [0.5, 0.6) is 0 Å². The number of hydrogen-bond donors (Lipinski definition) is 0. The van der Waals surface area contributed by atoms with Crippen molar-refractivity contribution in [1.29, 1.82) is 0 Å². The summed E-state index contributed by atoms with van der Waals surface area (Å²) in [7, 11) is 0. The van der Waals surface area contributed by atoms with Gasteiger partial charge in [0, 0.05) is 79.2 Å². The Balaban J connectivity index is 0.000000126. The van der Waals surface area contributed by atoms with Crippen LogP contribution in [0.3, 0.4) is 0 Å². The van der Waals surface area contributed by atoms with E-state index in [1.807, 2.05) is 138 Å². The summed E-state index contributed by atoms with van der Waals surface area (Å²) in [5.74, 6) is -2.91. The van der Waals surface area contributed by atoms with Crippen LogP contribution in [0.25, 0.3) is 101 Å². The van der Waals surface area contributed by atoms with Crippen LogP contribution in [-0.2, 0) is 19.6 Å². The lowest BCUT2D eigenvalue weighted by atomic mass is 10.1. The van der Waals surface area contributed by atoms with Crippen LogP contribution in [0.4, 0.5) is 22.0 Å². The van der Waals surface area contributed by atoms with Crippen molar-refractivity contribution in [2.24, 2.45) is 0 Å². The number of rotatable bonds is 15. The zero-order valence-corrected chi connectivity index (χ0v) is 52.2. The highest BCUT2D eigenvalue weighted by Crippen LogP contribution is 2.41. The maximum Gasteiger partial charge on any atom is 0.272 e. The molecule has 0 saturated carbocycles. The van der Waals surface area contributed by atoms with E-state index in [1.54, 1.807) is 26.4 Å². The van der Waals surface area contributed by atoms with Gasteiger partial charge >= 0.3 is 0 Å². The van der Waals surface area contributed by atoms with Gasteiger partial charge in [-0.2, -0.15) is 15.3 Å². The van der Waals surface area contributed by atoms with Crippen LogP contribution in [0, 0.1) is 12.7 Å². The second-order valence-corrected chi connectivity index (χ2v) is 24.3. The van der Waals surface area contributed by atoms with E-state index in [9.17, 15) is 22.0 Å². The Hall–Kier alpha value is -8.63. The summed E-state index contributed by atoms with van der Waals surface area (Å²) >= 11 is 20.6. The smallest absolute Gasteiger partial charge is 0.272 e. The van der Waals surface area contributed by atoms with Crippen molar-refractivity contribution in [2.75, 3.05) is 58.9 Å². The highest BCUT2D eigenvalue weighted by Gasteiger charge is 2.43. The first-order valence-corrected chi connectivity index (χ1v) is 31.5. The van der Waals surface area contributed by atoms with Crippen molar-refractivity contribution < 1.29 is 22.0 Å². The van der Waals surface area contributed by atoms with Gasteiger partial charge in [-0.15, -0.1) is 30.6 Å². The van der Waals surface area contributed by atoms with Crippen LogP contribution in [0.1, 0.15) is 18.4 Å². The number of nitrogens with zero attached hydrogens (tertiary/aromatic N) is 15. The van der Waals surface area contributed by atoms with E-state index in [-0.39, 0.29) is 18.9 Å². The Labute approximate surface area is 542 Å². The first-order chi connectivity index (χ1) is 44.7. The molecule has 15 nitrogen and oxygen atoms in total. The van der Waals surface area contributed by atoms with Crippen molar-refractivity contribution >= 4 is 67.9 Å². The molecule has 0 N–H and O–H groups in total. The molecule has 0 bridgehead atoms. The highest BCUT2D eigenvalue weighted by molar-refractivity contribution is 6.39. The molecule has 15 rings (SSSR count). The Morgan fingerprint density at radius 3 is 1.09 bits per heavy atom. The van der Waals surface area contributed by atoms with E-state index in [0.29, 0.717) is 136 Å². The normalized spacial score (nSPS) is 16.6. The van der Waals surface area contributed by atoms with Gasteiger partial charge in [-0.3, -0.25) is 14.7 Å². The van der Waals surface area contributed by atoms with E-state index in [4.69, 9.17) is 50.1 Å². The summed E-state index contributed by atoms with van der Waals surface area (Å²) < 4.78 is 72.2. The first-order valence-electron chi connectivity index (χ1n) is 30.4. The fraction of sp³-hybridized carbons (Fsp3) is 0.261. The van der Waals surface area contributed by atoms with Crippen molar-refractivity contribution in [3.05, 3.63) is 196 Å². The summed E-state index contributed by atoms with van der Waals surface area (Å²) in [5.41, 5.74) is 12.1. The lowest BCUT2D eigenvalue weighted by Gasteiger charge is -2.38. The molecule has 92 heavy (non-hydrogen) atoms. The minimum Gasteiger partial charge on any atom is -0.299 e. The predicted molar refractivity (Wildman–Crippen MR) is 352 cm³/mol. The number of likely N-dealkylation sites (tertiary alicyclic amines) is 3. The summed E-state index contributed by atoms with van der Waals surface area (Å²) in [6.07, 6.45) is -0.348. The number of halogens is 8. The standard InChI is InChI=1S/C24H23ClFN5.C23H20ClF2N5.C22H18ClF2N5/c1-16-6-5-9-18(14-16)22-20-21(25)23(17-7-3-2-4-8-17)27-28-24(20)31(29-22)13-12-30-11-10-19(26)15-30;24-20-19-21(16-6-8-17(25)9-7-16)29-31(13-12-30-11-10-18(26)14-30)23(19)28-27-22(20)15-4-2-1-3-5-15;23-18-17-19(15-7-3-1-4-8-15)28-30(12-11-29-13-22(24,25)14-29)21(17)27-26-20(18)16-9-5-2-6-10-16/h2-9,14,19H,10-13,15H2,1H3;1-9,18H,10-14H2;1-10H,11-14H2/t19-;18-;/m11./s1. The zero-order chi connectivity index (χ0) is 63.5. The van der Waals surface area contributed by atoms with E-state index >= 15 is 0 Å². The maximum atomic E-state index is 13.6. The molecule has 23 heteroatoms. The first kappa shape index (κ1) is 62.2. The zero-order valence-electron chi connectivity index (χ0n) is 50.0. The topological polar surface area (TPSA) is 141 Å². The van der Waals surface area contributed by atoms with Gasteiger partial charge in [0.15, 0.2) is 16.9 Å². The van der Waals surface area contributed by atoms with Gasteiger partial charge in [0.25, 0.3) is 5.92 Å². The second kappa shape index (κ2) is 27.3. The van der Waals surface area contributed by atoms with Crippen molar-refractivity contribution in [3.8, 4) is 67.5 Å². The molecular formula is C69H61Cl3F5N15. The lowest BCUT2D eigenvalue weighted by Crippen LogP contribution is -2.56. The molecule has 468 valence electrons. The number of benzene rings is 6. The number of alkyl halides is 4. The minimum atomic E-state index is -2.59. The molecule has 3 saturated heterocycles. The fourth-order valence-electron chi connectivity index (χ4n) is 11.9. The highest BCUT2D eigenvalue weighted by atomic mass is 35.5. The Morgan fingerprint density at radius 2 is 0.739 bits per heavy atom. The Bertz CT molecular complexity index is 4540. The number of hydrogen-bond acceptors (Lipinski definition) is 12. The maximum absolute atomic E-state index is 13.6. The number of fused-ring (bicyclic) bond motifs is 3. The number of aryl methyl sites for hydroxylation is 1. The lowest BCUT2D eigenvalue weighted by molar-refractivity contribution is -0.131. The van der Waals surface area contributed by atoms with E-state index in [1.165, 1.54) is 12.1 Å². The van der Waals surface area contributed by atoms with Gasteiger partial charge in [-0.1, -0.05) is 180 Å². The molecular weight excluding hydrogens is 1240 g/mol. The minimum absolute atomic E-state index is 0.220. The average molecular weight is 1300 g/mol. The molecule has 6 aromatic carbocycles. The summed E-state index contributed by atoms with van der Waals surface area (Å²) in [6, 6.07) is 53.1. The van der Waals surface area contributed by atoms with Gasteiger partial charge in [0.05, 0.1) is 64.0 Å². The largest absolute Gasteiger partial charge is 0.299 e. The van der Waals surface area contributed by atoms with Gasteiger partial charge in [-0.25, -0.2) is 36.0 Å². The molecule has 12 aromatic rings. The summed E-state index contributed by atoms with van der Waals surface area (Å²) in [4.78, 5) is 5.89. The fourth-order valence-corrected chi connectivity index (χ4v) is 12.9. The van der Waals surface area contributed by atoms with Gasteiger partial charge in [-0.05, 0) is 50.1 Å². The summed E-state index contributed by atoms with van der Waals surface area (Å²) in [6.45, 7) is 7.42. The third-order valence-electron chi connectivity index (χ3n) is 16.6. The summed E-state index contributed by atoms with van der Waals surface area (Å²) in [5, 5.41) is 44.6. The SMILES string of the molecule is Cc1cccc(-c2nn(CCN3CC[C@@H](F)C3)c3nnc(-c4ccccc4)c(Cl)c23)c1.FC1(F)CN(CCn2nc(-c3ccccc3)c3c(Cl)c(-c4ccccc4)nnc32)C1.Fc1ccc(-c2nn(CCN3CC[C@@H](F)C3)c3nnc(-c4ccccc4)c(Cl)c23)cc1. The third-order valence-corrected chi connectivity index (χ3v) is 17.7. The molecule has 3 aliphatic rings. The molecule has 0 amide bonds. The molecule has 3 fully saturated rings. The monoisotopic (exact) mass is 1300 g/mol. The molecule has 9 heterocycles. The molecule has 2 atom stereocenters. The van der Waals surface area contributed by atoms with Crippen LogP contribution >= 0.6 is 34.8 Å². The van der Waals surface area contributed by atoms with Crippen LogP contribution in [-0.4, -0.2) is 152 Å². The van der Waals surface area contributed by atoms with Crippen LogP contribution in [0.2, 0.25) is 15.1 Å². The van der Waals surface area contributed by atoms with Gasteiger partial charge in [0.1, 0.15) is 52.3 Å². The third kappa shape index (κ3) is 13.5. The Morgan fingerprint density at radius 1 is 0.402 bits per heavy atom. The molecule has 0 radical (unpaired) electrons. The van der Waals surface area contributed by atoms with Gasteiger partial charge < -0.3 is 0 Å².